The predicted molar refractivity (Wildman–Crippen MR) is 132 cm³/mol. The van der Waals surface area contributed by atoms with Gasteiger partial charge in [0, 0.05) is 23.7 Å². The van der Waals surface area contributed by atoms with Crippen LogP contribution < -0.4 is 10.1 Å². The van der Waals surface area contributed by atoms with Crippen LogP contribution in [0.2, 0.25) is 0 Å². The Morgan fingerprint density at radius 1 is 1.11 bits per heavy atom. The van der Waals surface area contributed by atoms with Crippen molar-refractivity contribution in [3.63, 3.8) is 0 Å². The van der Waals surface area contributed by atoms with Crippen molar-refractivity contribution in [2.45, 2.75) is 71.8 Å². The summed E-state index contributed by atoms with van der Waals surface area (Å²) in [6.07, 6.45) is 4.98. The molecule has 1 aliphatic carbocycles. The molecule has 0 radical (unpaired) electrons. The topological polar surface area (TPSA) is 110 Å². The van der Waals surface area contributed by atoms with E-state index in [1.807, 2.05) is 25.3 Å². The number of rotatable bonds is 11. The lowest BCUT2D eigenvalue weighted by Gasteiger charge is -2.19. The number of carbonyl (C=O) groups is 3. The highest BCUT2D eigenvalue weighted by molar-refractivity contribution is 5.98. The number of hydrogen-bond acceptors (Lipinski definition) is 6. The average molecular weight is 480 g/mol. The van der Waals surface area contributed by atoms with Gasteiger partial charge in [-0.1, -0.05) is 19.8 Å². The van der Waals surface area contributed by atoms with Gasteiger partial charge in [-0.3, -0.25) is 14.4 Å². The van der Waals surface area contributed by atoms with Crippen LogP contribution >= 0.6 is 0 Å². The van der Waals surface area contributed by atoms with Crippen molar-refractivity contribution in [2.24, 2.45) is 0 Å². The smallest absolute Gasteiger partial charge is 0.306 e. The zero-order valence-electron chi connectivity index (χ0n) is 20.7. The van der Waals surface area contributed by atoms with Crippen LogP contribution in [0.25, 0.3) is 0 Å². The molecular weight excluding hydrogens is 446 g/mol. The molecule has 1 N–H and O–H groups in total. The minimum absolute atomic E-state index is 0.0167. The lowest BCUT2D eigenvalue weighted by molar-refractivity contribution is -0.147. The Bertz CT molecular complexity index is 1110. The molecule has 8 heteroatoms. The second-order valence-corrected chi connectivity index (χ2v) is 8.86. The maximum atomic E-state index is 12.5. The molecule has 0 saturated heterocycles. The minimum Gasteiger partial charge on any atom is -0.494 e. The third kappa shape index (κ3) is 6.50. The van der Waals surface area contributed by atoms with E-state index >= 15 is 0 Å². The van der Waals surface area contributed by atoms with Gasteiger partial charge in [0.05, 0.1) is 18.6 Å². The summed E-state index contributed by atoms with van der Waals surface area (Å²) in [7, 11) is 0. The van der Waals surface area contributed by atoms with Gasteiger partial charge >= 0.3 is 5.97 Å². The number of anilines is 1. The van der Waals surface area contributed by atoms with Crippen molar-refractivity contribution in [3.05, 3.63) is 46.6 Å². The Kier molecular flexibility index (Phi) is 9.07. The average Bonchev–Trinajstić information content (AvgIpc) is 3.46. The molecule has 1 saturated carbocycles. The molecule has 1 amide bonds. The fraction of sp³-hybridized carbons (Fsp3) is 0.481. The summed E-state index contributed by atoms with van der Waals surface area (Å²) in [6, 6.07) is 9.23. The van der Waals surface area contributed by atoms with E-state index in [1.165, 1.54) is 0 Å². The van der Waals surface area contributed by atoms with Gasteiger partial charge in [0.2, 0.25) is 0 Å². The van der Waals surface area contributed by atoms with E-state index < -0.39 is 18.5 Å². The van der Waals surface area contributed by atoms with Crippen molar-refractivity contribution >= 4 is 23.5 Å². The minimum atomic E-state index is -0.629. The zero-order valence-corrected chi connectivity index (χ0v) is 20.7. The van der Waals surface area contributed by atoms with Crippen LogP contribution in [0, 0.1) is 25.2 Å². The Labute approximate surface area is 206 Å². The Balaban J connectivity index is 1.51. The van der Waals surface area contributed by atoms with Gasteiger partial charge in [-0.2, -0.15) is 5.26 Å². The number of ether oxygens (including phenoxy) is 2. The third-order valence-electron chi connectivity index (χ3n) is 6.39. The van der Waals surface area contributed by atoms with E-state index in [0.717, 1.165) is 43.4 Å². The van der Waals surface area contributed by atoms with E-state index in [-0.39, 0.29) is 24.7 Å². The number of nitrogens with one attached hydrogen (secondary N) is 1. The maximum Gasteiger partial charge on any atom is 0.306 e. The molecule has 0 unspecified atom stereocenters. The Hall–Kier alpha value is -3.60. The van der Waals surface area contributed by atoms with Gasteiger partial charge < -0.3 is 19.4 Å². The van der Waals surface area contributed by atoms with Crippen molar-refractivity contribution < 1.29 is 23.9 Å². The van der Waals surface area contributed by atoms with Gasteiger partial charge in [-0.25, -0.2) is 0 Å². The summed E-state index contributed by atoms with van der Waals surface area (Å²) in [5, 5.41) is 12.4. The number of esters is 1. The number of nitriles is 1. The fourth-order valence-electron chi connectivity index (χ4n) is 4.41. The van der Waals surface area contributed by atoms with Gasteiger partial charge in [-0.15, -0.1) is 0 Å². The van der Waals surface area contributed by atoms with Crippen LogP contribution in [0.15, 0.2) is 24.3 Å². The molecule has 1 aromatic heterocycles. The maximum absolute atomic E-state index is 12.5. The number of benzene rings is 1. The first-order chi connectivity index (χ1) is 16.8. The summed E-state index contributed by atoms with van der Waals surface area (Å²) in [6.45, 7) is 5.97. The molecule has 1 fully saturated rings. The van der Waals surface area contributed by atoms with Gasteiger partial charge in [-0.05, 0) is 62.9 Å². The quantitative estimate of drug-likeness (QED) is 0.358. The van der Waals surface area contributed by atoms with Crippen LogP contribution in [0.5, 0.6) is 5.75 Å². The molecule has 35 heavy (non-hydrogen) atoms. The zero-order chi connectivity index (χ0) is 25.4. The molecule has 1 heterocycles. The van der Waals surface area contributed by atoms with E-state index in [0.29, 0.717) is 29.3 Å². The molecule has 1 aromatic carbocycles. The van der Waals surface area contributed by atoms with E-state index in [1.54, 1.807) is 24.3 Å². The molecule has 186 valence electrons. The predicted octanol–water partition coefficient (Wildman–Crippen LogP) is 5.03. The first-order valence-electron chi connectivity index (χ1n) is 12.2. The molecule has 0 atom stereocenters. The highest BCUT2D eigenvalue weighted by Crippen LogP contribution is 2.37. The van der Waals surface area contributed by atoms with Crippen molar-refractivity contribution in [1.29, 1.82) is 5.26 Å². The summed E-state index contributed by atoms with van der Waals surface area (Å²) in [5.41, 5.74) is 2.73. The monoisotopic (exact) mass is 479 g/mol. The second-order valence-electron chi connectivity index (χ2n) is 8.86. The number of ketones is 1. The number of hydrogen-bond donors (Lipinski definition) is 1. The molecule has 2 aromatic rings. The molecule has 3 rings (SSSR count). The van der Waals surface area contributed by atoms with E-state index in [2.05, 4.69) is 11.4 Å². The summed E-state index contributed by atoms with van der Waals surface area (Å²) >= 11 is 0. The largest absolute Gasteiger partial charge is 0.494 e. The standard InChI is InChI=1S/C27H33N3O5/c1-4-15-34-22-11-9-20(10-12-22)24(31)13-14-26(33)35-17-25(32)29-27-23(16-28)18(2)19(3)30(27)21-7-5-6-8-21/h9-12,21H,4-8,13-15,17H2,1-3H3,(H,29,32). The highest BCUT2D eigenvalue weighted by Gasteiger charge is 2.27. The van der Waals surface area contributed by atoms with Gasteiger partial charge in [0.25, 0.3) is 5.91 Å². The van der Waals surface area contributed by atoms with Gasteiger partial charge in [0.15, 0.2) is 12.4 Å². The third-order valence-corrected chi connectivity index (χ3v) is 6.39. The van der Waals surface area contributed by atoms with Crippen molar-refractivity contribution in [3.8, 4) is 11.8 Å². The Morgan fingerprint density at radius 2 is 1.80 bits per heavy atom. The number of nitrogens with zero attached hydrogens (tertiary/aromatic N) is 2. The molecule has 1 aliphatic rings. The molecule has 0 spiro atoms. The number of Topliss-reactive ketones (excluding diaryl/α,β-unsaturated/α-hetero) is 1. The first kappa shape index (κ1) is 26.0. The van der Waals surface area contributed by atoms with Crippen LogP contribution in [0.4, 0.5) is 5.82 Å². The molecule has 8 nitrogen and oxygen atoms in total. The molecule has 0 bridgehead atoms. The highest BCUT2D eigenvalue weighted by atomic mass is 16.5. The van der Waals surface area contributed by atoms with Crippen molar-refractivity contribution in [1.82, 2.24) is 4.57 Å². The SMILES string of the molecule is CCCOc1ccc(C(=O)CCC(=O)OCC(=O)Nc2c(C#N)c(C)c(C)n2C2CCCC2)cc1. The summed E-state index contributed by atoms with van der Waals surface area (Å²) in [4.78, 5) is 37.0. The normalized spacial score (nSPS) is 13.3. The number of carbonyl (C=O) groups excluding carboxylic acids is 3. The van der Waals surface area contributed by atoms with Crippen LogP contribution in [-0.2, 0) is 14.3 Å². The molecule has 0 aliphatic heterocycles. The van der Waals surface area contributed by atoms with Gasteiger partial charge in [0.1, 0.15) is 17.6 Å². The summed E-state index contributed by atoms with van der Waals surface area (Å²) < 4.78 is 12.6. The molecular formula is C27H33N3O5. The number of amides is 1. The van der Waals surface area contributed by atoms with Crippen LogP contribution in [0.1, 0.15) is 85.1 Å². The van der Waals surface area contributed by atoms with Crippen LogP contribution in [-0.4, -0.2) is 35.4 Å². The Morgan fingerprint density at radius 3 is 2.43 bits per heavy atom. The van der Waals surface area contributed by atoms with Crippen LogP contribution in [0.3, 0.4) is 0 Å². The van der Waals surface area contributed by atoms with E-state index in [9.17, 15) is 19.6 Å². The van der Waals surface area contributed by atoms with E-state index in [4.69, 9.17) is 9.47 Å². The fourth-order valence-corrected chi connectivity index (χ4v) is 4.41. The second kappa shape index (κ2) is 12.2. The number of aromatic nitrogens is 1. The van der Waals surface area contributed by atoms with Crippen molar-refractivity contribution in [2.75, 3.05) is 18.5 Å². The summed E-state index contributed by atoms with van der Waals surface area (Å²) in [5.74, 6) is -0.168. The first-order valence-corrected chi connectivity index (χ1v) is 12.2. The lowest BCUT2D eigenvalue weighted by atomic mass is 10.1. The lowest BCUT2D eigenvalue weighted by Crippen LogP contribution is -2.24.